The van der Waals surface area contributed by atoms with Crippen molar-refractivity contribution in [3.05, 3.63) is 41.5 Å². The van der Waals surface area contributed by atoms with Crippen molar-refractivity contribution >= 4 is 0 Å². The van der Waals surface area contributed by atoms with Crippen LogP contribution in [0.3, 0.4) is 0 Å². The molecule has 0 atom stereocenters. The van der Waals surface area contributed by atoms with Gasteiger partial charge in [0.2, 0.25) is 0 Å². The molecule has 4 heteroatoms. The molecule has 0 N–H and O–H groups in total. The van der Waals surface area contributed by atoms with Crippen LogP contribution in [0.1, 0.15) is 16.7 Å². The van der Waals surface area contributed by atoms with E-state index in [-0.39, 0.29) is 0 Å². The number of hydrogen-bond donors (Lipinski definition) is 0. The lowest BCUT2D eigenvalue weighted by atomic mass is 10.1. The third kappa shape index (κ3) is 1.59. The van der Waals surface area contributed by atoms with E-state index >= 15 is 0 Å². The van der Waals surface area contributed by atoms with E-state index in [9.17, 15) is 0 Å². The van der Waals surface area contributed by atoms with Crippen LogP contribution in [0.25, 0.3) is 5.69 Å². The van der Waals surface area contributed by atoms with E-state index < -0.39 is 0 Å². The van der Waals surface area contributed by atoms with Crippen molar-refractivity contribution in [2.45, 2.75) is 13.8 Å². The van der Waals surface area contributed by atoms with Crippen LogP contribution in [-0.2, 0) is 0 Å². The Morgan fingerprint density at radius 1 is 1.33 bits per heavy atom. The smallest absolute Gasteiger partial charge is 0.138 e. The number of rotatable bonds is 1. The molecule has 15 heavy (non-hydrogen) atoms. The summed E-state index contributed by atoms with van der Waals surface area (Å²) in [6, 6.07) is 6.05. The fourth-order valence-electron chi connectivity index (χ4n) is 1.67. The molecule has 1 heterocycles. The molecule has 4 nitrogen and oxygen atoms in total. The number of aryl methyl sites for hydroxylation is 2. The van der Waals surface area contributed by atoms with Crippen LogP contribution in [-0.4, -0.2) is 14.8 Å². The van der Waals surface area contributed by atoms with Gasteiger partial charge >= 0.3 is 0 Å². The van der Waals surface area contributed by atoms with Crippen LogP contribution in [0.15, 0.2) is 24.8 Å². The maximum atomic E-state index is 9.05. The lowest BCUT2D eigenvalue weighted by molar-refractivity contribution is 0.867. The van der Waals surface area contributed by atoms with Crippen molar-refractivity contribution in [1.82, 2.24) is 14.8 Å². The molecule has 2 aromatic rings. The van der Waals surface area contributed by atoms with Gasteiger partial charge in [0.05, 0.1) is 11.3 Å². The van der Waals surface area contributed by atoms with Gasteiger partial charge in [0.25, 0.3) is 0 Å². The standard InChI is InChI=1S/C11H10N4/c1-8-3-9(2)11(10(4-8)5-12)15-7-13-6-14-15/h3-4,6-7H,1-2H3. The Morgan fingerprint density at radius 2 is 2.13 bits per heavy atom. The van der Waals surface area contributed by atoms with Crippen molar-refractivity contribution < 1.29 is 0 Å². The minimum atomic E-state index is 0.623. The van der Waals surface area contributed by atoms with Gasteiger partial charge < -0.3 is 0 Å². The highest BCUT2D eigenvalue weighted by atomic mass is 15.3. The van der Waals surface area contributed by atoms with Gasteiger partial charge in [-0.25, -0.2) is 9.67 Å². The Balaban J connectivity index is 2.71. The second kappa shape index (κ2) is 3.54. The molecule has 0 radical (unpaired) electrons. The third-order valence-electron chi connectivity index (χ3n) is 2.21. The predicted molar refractivity (Wildman–Crippen MR) is 55.5 cm³/mol. The van der Waals surface area contributed by atoms with E-state index in [0.29, 0.717) is 5.56 Å². The number of aromatic nitrogens is 3. The molecular formula is C11H10N4. The zero-order valence-corrected chi connectivity index (χ0v) is 8.60. The Morgan fingerprint density at radius 3 is 2.73 bits per heavy atom. The lowest BCUT2D eigenvalue weighted by Gasteiger charge is -2.08. The van der Waals surface area contributed by atoms with Crippen LogP contribution >= 0.6 is 0 Å². The Kier molecular flexibility index (Phi) is 2.22. The summed E-state index contributed by atoms with van der Waals surface area (Å²) in [5, 5.41) is 13.1. The molecule has 0 saturated carbocycles. The van der Waals surface area contributed by atoms with E-state index in [4.69, 9.17) is 5.26 Å². The molecule has 0 aliphatic carbocycles. The molecule has 0 aliphatic heterocycles. The number of nitriles is 1. The van der Waals surface area contributed by atoms with Gasteiger partial charge in [-0.1, -0.05) is 6.07 Å². The van der Waals surface area contributed by atoms with Crippen LogP contribution in [0.5, 0.6) is 0 Å². The summed E-state index contributed by atoms with van der Waals surface area (Å²) in [4.78, 5) is 3.88. The van der Waals surface area contributed by atoms with E-state index in [1.807, 2.05) is 26.0 Å². The minimum absolute atomic E-state index is 0.623. The Hall–Kier alpha value is -2.15. The van der Waals surface area contributed by atoms with Crippen molar-refractivity contribution in [3.8, 4) is 11.8 Å². The monoisotopic (exact) mass is 198 g/mol. The third-order valence-corrected chi connectivity index (χ3v) is 2.21. The van der Waals surface area contributed by atoms with Gasteiger partial charge in [-0.05, 0) is 31.0 Å². The van der Waals surface area contributed by atoms with Gasteiger partial charge in [-0.3, -0.25) is 0 Å². The highest BCUT2D eigenvalue weighted by molar-refractivity contribution is 5.54. The molecular weight excluding hydrogens is 188 g/mol. The maximum Gasteiger partial charge on any atom is 0.138 e. The van der Waals surface area contributed by atoms with Gasteiger partial charge in [-0.2, -0.15) is 10.4 Å². The van der Waals surface area contributed by atoms with Crippen molar-refractivity contribution in [2.24, 2.45) is 0 Å². The van der Waals surface area contributed by atoms with E-state index in [1.54, 1.807) is 11.0 Å². The number of benzene rings is 1. The van der Waals surface area contributed by atoms with Gasteiger partial charge in [-0.15, -0.1) is 0 Å². The molecule has 1 aromatic heterocycles. The SMILES string of the molecule is Cc1cc(C)c(-n2cncn2)c(C#N)c1. The van der Waals surface area contributed by atoms with E-state index in [1.165, 1.54) is 6.33 Å². The summed E-state index contributed by atoms with van der Waals surface area (Å²) < 4.78 is 1.62. The summed E-state index contributed by atoms with van der Waals surface area (Å²) in [6.07, 6.45) is 3.05. The number of nitrogens with zero attached hydrogens (tertiary/aromatic N) is 4. The number of hydrogen-bond acceptors (Lipinski definition) is 3. The molecule has 1 aromatic carbocycles. The van der Waals surface area contributed by atoms with Crippen molar-refractivity contribution in [3.63, 3.8) is 0 Å². The van der Waals surface area contributed by atoms with Crippen LogP contribution in [0.4, 0.5) is 0 Å². The summed E-state index contributed by atoms with van der Waals surface area (Å²) in [7, 11) is 0. The maximum absolute atomic E-state index is 9.05. The topological polar surface area (TPSA) is 54.5 Å². The molecule has 0 spiro atoms. The average molecular weight is 198 g/mol. The minimum Gasteiger partial charge on any atom is -0.223 e. The molecule has 0 unspecified atom stereocenters. The quantitative estimate of drug-likeness (QED) is 0.701. The van der Waals surface area contributed by atoms with Gasteiger partial charge in [0, 0.05) is 0 Å². The molecule has 0 amide bonds. The summed E-state index contributed by atoms with van der Waals surface area (Å²) >= 11 is 0. The van der Waals surface area contributed by atoms with Crippen molar-refractivity contribution in [2.75, 3.05) is 0 Å². The lowest BCUT2D eigenvalue weighted by Crippen LogP contribution is -2.01. The zero-order valence-electron chi connectivity index (χ0n) is 8.60. The van der Waals surface area contributed by atoms with Crippen LogP contribution in [0, 0.1) is 25.2 Å². The first-order chi connectivity index (χ1) is 7.22. The first-order valence-corrected chi connectivity index (χ1v) is 4.58. The highest BCUT2D eigenvalue weighted by Gasteiger charge is 2.09. The van der Waals surface area contributed by atoms with Crippen LogP contribution < -0.4 is 0 Å². The first kappa shape index (κ1) is 9.41. The highest BCUT2D eigenvalue weighted by Crippen LogP contribution is 2.19. The summed E-state index contributed by atoms with van der Waals surface area (Å²) in [5.41, 5.74) is 3.53. The largest absolute Gasteiger partial charge is 0.223 e. The summed E-state index contributed by atoms with van der Waals surface area (Å²) in [6.45, 7) is 3.93. The zero-order chi connectivity index (χ0) is 10.8. The van der Waals surface area contributed by atoms with Crippen molar-refractivity contribution in [1.29, 1.82) is 5.26 Å². The molecule has 2 rings (SSSR count). The molecule has 0 aliphatic rings. The van der Waals surface area contributed by atoms with Crippen LogP contribution in [0.2, 0.25) is 0 Å². The first-order valence-electron chi connectivity index (χ1n) is 4.58. The molecule has 74 valence electrons. The van der Waals surface area contributed by atoms with Gasteiger partial charge in [0.15, 0.2) is 0 Å². The summed E-state index contributed by atoms with van der Waals surface area (Å²) in [5.74, 6) is 0. The average Bonchev–Trinajstić information content (AvgIpc) is 2.69. The Labute approximate surface area is 87.8 Å². The second-order valence-corrected chi connectivity index (χ2v) is 3.43. The fraction of sp³-hybridized carbons (Fsp3) is 0.182. The molecule has 0 bridgehead atoms. The fourth-order valence-corrected chi connectivity index (χ4v) is 1.67. The molecule has 0 fully saturated rings. The second-order valence-electron chi connectivity index (χ2n) is 3.43. The van der Waals surface area contributed by atoms with E-state index in [0.717, 1.165) is 16.8 Å². The van der Waals surface area contributed by atoms with E-state index in [2.05, 4.69) is 16.2 Å². The van der Waals surface area contributed by atoms with Gasteiger partial charge in [0.1, 0.15) is 18.7 Å². The predicted octanol–water partition coefficient (Wildman–Crippen LogP) is 1.76. The Bertz CT molecular complexity index is 520. The normalized spacial score (nSPS) is 9.93. The molecule has 0 saturated heterocycles.